The summed E-state index contributed by atoms with van der Waals surface area (Å²) in [6.07, 6.45) is -1.52. The molecule has 0 aliphatic carbocycles. The lowest BCUT2D eigenvalue weighted by Gasteiger charge is -2.25. The smallest absolute Gasteiger partial charge is 0.437 e. The summed E-state index contributed by atoms with van der Waals surface area (Å²) in [5.74, 6) is 1.11. The molecule has 0 saturated carbocycles. The Hall–Kier alpha value is -2.64. The highest BCUT2D eigenvalue weighted by Crippen LogP contribution is 2.31. The van der Waals surface area contributed by atoms with Gasteiger partial charge in [-0.05, 0) is 30.3 Å². The van der Waals surface area contributed by atoms with Gasteiger partial charge in [-0.15, -0.1) is 0 Å². The average Bonchev–Trinajstić information content (AvgIpc) is 2.61. The first-order valence-corrected chi connectivity index (χ1v) is 7.93. The van der Waals surface area contributed by atoms with E-state index in [1.54, 1.807) is 24.3 Å². The van der Waals surface area contributed by atoms with Crippen molar-refractivity contribution in [1.82, 2.24) is 0 Å². The van der Waals surface area contributed by atoms with Crippen LogP contribution < -0.4 is 20.5 Å². The summed E-state index contributed by atoms with van der Waals surface area (Å²) in [4.78, 5) is 16.5. The van der Waals surface area contributed by atoms with Gasteiger partial charge >= 0.3 is 6.09 Å². The van der Waals surface area contributed by atoms with E-state index < -0.39 is 12.2 Å². The SMILES string of the molecule is N/C(=N\OC(=O)Nc1ccc(Cl)cc1Cl)[C@H]1COc2ccccc2O1. The topological polar surface area (TPSA) is 95.2 Å². The summed E-state index contributed by atoms with van der Waals surface area (Å²) in [6.45, 7) is 0.153. The fraction of sp³-hybridized carbons (Fsp3) is 0.125. The fourth-order valence-electron chi connectivity index (χ4n) is 2.04. The molecule has 25 heavy (non-hydrogen) atoms. The van der Waals surface area contributed by atoms with Crippen molar-refractivity contribution in [3.63, 3.8) is 0 Å². The Bertz CT molecular complexity index is 829. The molecule has 0 unspecified atom stereocenters. The summed E-state index contributed by atoms with van der Waals surface area (Å²) < 4.78 is 11.2. The van der Waals surface area contributed by atoms with E-state index in [4.69, 9.17) is 43.2 Å². The standard InChI is InChI=1S/C16H13Cl2N3O4/c17-9-5-6-11(10(18)7-9)20-16(22)25-21-15(19)14-8-23-12-3-1-2-4-13(12)24-14/h1-7,14H,8H2,(H2,19,21)(H,20,22)/t14-/m1/s1. The molecule has 1 aliphatic rings. The minimum atomic E-state index is -0.857. The van der Waals surface area contributed by atoms with Gasteiger partial charge in [-0.25, -0.2) is 4.79 Å². The number of carbonyl (C=O) groups excluding carboxylic acids is 1. The van der Waals surface area contributed by atoms with Gasteiger partial charge in [-0.3, -0.25) is 10.2 Å². The normalized spacial score (nSPS) is 16.2. The zero-order valence-corrected chi connectivity index (χ0v) is 14.3. The molecule has 0 spiro atoms. The van der Waals surface area contributed by atoms with Gasteiger partial charge < -0.3 is 15.2 Å². The molecule has 1 heterocycles. The number of carbonyl (C=O) groups is 1. The van der Waals surface area contributed by atoms with Crippen LogP contribution in [0.2, 0.25) is 10.0 Å². The van der Waals surface area contributed by atoms with Gasteiger partial charge in [0.05, 0.1) is 10.7 Å². The highest BCUT2D eigenvalue weighted by molar-refractivity contribution is 6.36. The molecule has 2 aromatic rings. The molecule has 0 aromatic heterocycles. The fourth-order valence-corrected chi connectivity index (χ4v) is 2.50. The molecular formula is C16H13Cl2N3O4. The minimum Gasteiger partial charge on any atom is -0.485 e. The van der Waals surface area contributed by atoms with Crippen molar-refractivity contribution in [2.45, 2.75) is 6.10 Å². The zero-order valence-electron chi connectivity index (χ0n) is 12.7. The number of hydrogen-bond acceptors (Lipinski definition) is 5. The minimum absolute atomic E-state index is 0.0353. The van der Waals surface area contributed by atoms with Crippen LogP contribution in [0.4, 0.5) is 10.5 Å². The van der Waals surface area contributed by atoms with Crippen molar-refractivity contribution in [2.24, 2.45) is 10.9 Å². The molecule has 0 saturated heterocycles. The Labute approximate surface area is 153 Å². The molecule has 1 aliphatic heterocycles. The molecule has 1 amide bonds. The van der Waals surface area contributed by atoms with E-state index in [1.807, 2.05) is 6.07 Å². The third-order valence-electron chi connectivity index (χ3n) is 3.24. The van der Waals surface area contributed by atoms with Crippen LogP contribution in [0.25, 0.3) is 0 Å². The molecule has 3 rings (SSSR count). The Morgan fingerprint density at radius 1 is 1.24 bits per heavy atom. The number of amides is 1. The lowest BCUT2D eigenvalue weighted by Crippen LogP contribution is -2.41. The van der Waals surface area contributed by atoms with Gasteiger partial charge in [0.2, 0.25) is 0 Å². The van der Waals surface area contributed by atoms with E-state index >= 15 is 0 Å². The molecule has 3 N–H and O–H groups in total. The number of anilines is 1. The van der Waals surface area contributed by atoms with Crippen LogP contribution in [0, 0.1) is 0 Å². The second kappa shape index (κ2) is 7.50. The molecule has 1 atom stereocenters. The predicted octanol–water partition coefficient (Wildman–Crippen LogP) is 3.65. The number of fused-ring (bicyclic) bond motifs is 1. The van der Waals surface area contributed by atoms with Gasteiger partial charge in [0.15, 0.2) is 23.4 Å². The largest absolute Gasteiger partial charge is 0.485 e. The number of amidine groups is 1. The van der Waals surface area contributed by atoms with Crippen LogP contribution in [0.5, 0.6) is 11.5 Å². The number of para-hydroxylation sites is 2. The molecule has 2 aromatic carbocycles. The highest BCUT2D eigenvalue weighted by atomic mass is 35.5. The van der Waals surface area contributed by atoms with Crippen molar-refractivity contribution in [2.75, 3.05) is 11.9 Å². The van der Waals surface area contributed by atoms with Crippen molar-refractivity contribution in [1.29, 1.82) is 0 Å². The van der Waals surface area contributed by atoms with Gasteiger partial charge in [-0.1, -0.05) is 40.5 Å². The van der Waals surface area contributed by atoms with E-state index in [-0.39, 0.29) is 17.5 Å². The summed E-state index contributed by atoms with van der Waals surface area (Å²) in [7, 11) is 0. The predicted molar refractivity (Wildman–Crippen MR) is 94.5 cm³/mol. The lowest BCUT2D eigenvalue weighted by molar-refractivity contribution is 0.127. The number of nitrogens with one attached hydrogen (secondary N) is 1. The first-order chi connectivity index (χ1) is 12.0. The van der Waals surface area contributed by atoms with Crippen LogP contribution in [0.3, 0.4) is 0 Å². The number of benzene rings is 2. The van der Waals surface area contributed by atoms with Crippen LogP contribution in [0.15, 0.2) is 47.6 Å². The Balaban J connectivity index is 1.59. The number of hydrogen-bond donors (Lipinski definition) is 2. The van der Waals surface area contributed by atoms with E-state index in [2.05, 4.69) is 10.5 Å². The molecule has 0 bridgehead atoms. The molecule has 9 heteroatoms. The number of halogens is 2. The van der Waals surface area contributed by atoms with Crippen molar-refractivity contribution >= 4 is 40.8 Å². The number of oxime groups is 1. The van der Waals surface area contributed by atoms with Crippen LogP contribution in [-0.2, 0) is 4.84 Å². The van der Waals surface area contributed by atoms with Crippen LogP contribution in [0.1, 0.15) is 0 Å². The van der Waals surface area contributed by atoms with E-state index in [0.717, 1.165) is 0 Å². The number of nitrogens with two attached hydrogens (primary N) is 1. The molecular weight excluding hydrogens is 369 g/mol. The summed E-state index contributed by atoms with van der Waals surface area (Å²) >= 11 is 11.7. The number of ether oxygens (including phenoxy) is 2. The maximum atomic E-state index is 11.8. The van der Waals surface area contributed by atoms with E-state index in [0.29, 0.717) is 22.2 Å². The second-order valence-corrected chi connectivity index (χ2v) is 5.85. The van der Waals surface area contributed by atoms with Crippen LogP contribution >= 0.6 is 23.2 Å². The Morgan fingerprint density at radius 3 is 2.76 bits per heavy atom. The summed E-state index contributed by atoms with van der Waals surface area (Å²) in [5, 5.41) is 6.71. The van der Waals surface area contributed by atoms with Gasteiger partial charge in [0.25, 0.3) is 0 Å². The lowest BCUT2D eigenvalue weighted by atomic mass is 10.2. The third-order valence-corrected chi connectivity index (χ3v) is 3.79. The monoisotopic (exact) mass is 381 g/mol. The van der Waals surface area contributed by atoms with Crippen molar-refractivity contribution in [3.8, 4) is 11.5 Å². The van der Waals surface area contributed by atoms with Gasteiger partial charge in [0, 0.05) is 5.02 Å². The summed E-state index contributed by atoms with van der Waals surface area (Å²) in [5.41, 5.74) is 6.12. The van der Waals surface area contributed by atoms with E-state index in [9.17, 15) is 4.79 Å². The van der Waals surface area contributed by atoms with E-state index in [1.165, 1.54) is 12.1 Å². The maximum absolute atomic E-state index is 11.8. The zero-order chi connectivity index (χ0) is 17.8. The number of rotatable bonds is 3. The van der Waals surface area contributed by atoms with Gasteiger partial charge in [-0.2, -0.15) is 0 Å². The van der Waals surface area contributed by atoms with Crippen molar-refractivity contribution < 1.29 is 19.1 Å². The Morgan fingerprint density at radius 2 is 2.00 bits per heavy atom. The van der Waals surface area contributed by atoms with Crippen LogP contribution in [-0.4, -0.2) is 24.6 Å². The molecule has 7 nitrogen and oxygen atoms in total. The maximum Gasteiger partial charge on any atom is 0.437 e. The van der Waals surface area contributed by atoms with Crippen molar-refractivity contribution in [3.05, 3.63) is 52.5 Å². The first kappa shape index (κ1) is 17.2. The molecule has 0 fully saturated rings. The second-order valence-electron chi connectivity index (χ2n) is 5.01. The average molecular weight is 382 g/mol. The quantitative estimate of drug-likeness (QED) is 0.366. The molecule has 0 radical (unpaired) electrons. The van der Waals surface area contributed by atoms with Gasteiger partial charge in [0.1, 0.15) is 6.61 Å². The third kappa shape index (κ3) is 4.26. The molecule has 130 valence electrons. The number of nitrogens with zero attached hydrogens (tertiary/aromatic N) is 1. The first-order valence-electron chi connectivity index (χ1n) is 7.18. The highest BCUT2D eigenvalue weighted by Gasteiger charge is 2.24. The summed E-state index contributed by atoms with van der Waals surface area (Å²) in [6, 6.07) is 11.7. The Kier molecular flexibility index (Phi) is 5.16.